The van der Waals surface area contributed by atoms with E-state index >= 15 is 0 Å². The van der Waals surface area contributed by atoms with Crippen LogP contribution in [-0.4, -0.2) is 19.9 Å². The number of nitrogens with one attached hydrogen (secondary N) is 2. The zero-order chi connectivity index (χ0) is 21.9. The first-order valence-electron chi connectivity index (χ1n) is 10.1. The molecular formula is C24H20N6OS. The Bertz CT molecular complexity index is 1300. The van der Waals surface area contributed by atoms with Gasteiger partial charge in [-0.25, -0.2) is 4.98 Å². The fraction of sp³-hybridized carbons (Fsp3) is 0.0833. The molecule has 0 atom stereocenters. The lowest BCUT2D eigenvalue weighted by Crippen LogP contribution is -2.06. The van der Waals surface area contributed by atoms with E-state index in [0.717, 1.165) is 33.6 Å². The van der Waals surface area contributed by atoms with E-state index in [2.05, 4.69) is 30.6 Å². The molecule has 0 aliphatic heterocycles. The van der Waals surface area contributed by atoms with Crippen molar-refractivity contribution in [2.45, 2.75) is 24.2 Å². The predicted octanol–water partition coefficient (Wildman–Crippen LogP) is 6.27. The van der Waals surface area contributed by atoms with E-state index in [0.29, 0.717) is 22.3 Å². The molecular weight excluding hydrogens is 420 g/mol. The zero-order valence-electron chi connectivity index (χ0n) is 17.5. The smallest absolute Gasteiger partial charge is 0.264 e. The van der Waals surface area contributed by atoms with Crippen LogP contribution >= 0.6 is 11.8 Å². The van der Waals surface area contributed by atoms with E-state index in [-0.39, 0.29) is 0 Å². The number of hydrogen-bond donors (Lipinski definition) is 2. The summed E-state index contributed by atoms with van der Waals surface area (Å²) in [4.78, 5) is 18.3. The second kappa shape index (κ2) is 8.68. The van der Waals surface area contributed by atoms with Gasteiger partial charge >= 0.3 is 0 Å². The first kappa shape index (κ1) is 20.0. The van der Waals surface area contributed by atoms with Gasteiger partial charge in [-0.15, -0.1) is 0 Å². The van der Waals surface area contributed by atoms with Crippen molar-refractivity contribution < 1.29 is 4.42 Å². The van der Waals surface area contributed by atoms with E-state index in [1.54, 1.807) is 0 Å². The molecule has 0 aliphatic carbocycles. The lowest BCUT2D eigenvalue weighted by molar-refractivity contribution is 0.488. The van der Waals surface area contributed by atoms with E-state index in [1.807, 2.05) is 86.6 Å². The van der Waals surface area contributed by atoms with Gasteiger partial charge in [-0.05, 0) is 49.2 Å². The Hall–Kier alpha value is -3.91. The standard InChI is InChI=1S/C24H20N6OS/c1-15-9-3-5-11-17(15)25-21-28-22(26-18-12-6-4-10-16(18)2)30-23(29-21)32-24-27-19-13-7-8-14-20(19)31-24/h3-14H,1-2H3,(H2,25,26,28,29,30). The SMILES string of the molecule is Cc1ccccc1Nc1nc(Nc2ccccc2C)nc(Sc2nc3ccccc3o2)n1. The van der Waals surface area contributed by atoms with Gasteiger partial charge in [-0.1, -0.05) is 48.5 Å². The highest BCUT2D eigenvalue weighted by atomic mass is 32.2. The Kier molecular flexibility index (Phi) is 5.43. The Labute approximate surface area is 189 Å². The summed E-state index contributed by atoms with van der Waals surface area (Å²) in [6.45, 7) is 4.06. The number of nitrogens with zero attached hydrogens (tertiary/aromatic N) is 4. The summed E-state index contributed by atoms with van der Waals surface area (Å²) in [5.74, 6) is 0.869. The van der Waals surface area contributed by atoms with Gasteiger partial charge < -0.3 is 15.1 Å². The Morgan fingerprint density at radius 1 is 0.656 bits per heavy atom. The molecule has 0 aliphatic rings. The summed E-state index contributed by atoms with van der Waals surface area (Å²) in [6, 6.07) is 23.6. The molecule has 5 aromatic rings. The Balaban J connectivity index is 1.50. The number of fused-ring (bicyclic) bond motifs is 1. The van der Waals surface area contributed by atoms with Gasteiger partial charge in [-0.3, -0.25) is 0 Å². The average Bonchev–Trinajstić information content (AvgIpc) is 3.19. The van der Waals surface area contributed by atoms with Crippen LogP contribution in [0.15, 0.2) is 87.6 Å². The number of oxazole rings is 1. The molecule has 32 heavy (non-hydrogen) atoms. The number of hydrogen-bond acceptors (Lipinski definition) is 8. The van der Waals surface area contributed by atoms with Gasteiger partial charge in [0.1, 0.15) is 5.52 Å². The van der Waals surface area contributed by atoms with Crippen LogP contribution in [-0.2, 0) is 0 Å². The molecule has 0 amide bonds. The summed E-state index contributed by atoms with van der Waals surface area (Å²) in [5.41, 5.74) is 5.56. The summed E-state index contributed by atoms with van der Waals surface area (Å²) in [5, 5.41) is 7.54. The minimum absolute atomic E-state index is 0.434. The molecule has 7 nitrogen and oxygen atoms in total. The molecule has 0 unspecified atom stereocenters. The van der Waals surface area contributed by atoms with Crippen molar-refractivity contribution in [3.63, 3.8) is 0 Å². The lowest BCUT2D eigenvalue weighted by Gasteiger charge is -2.12. The van der Waals surface area contributed by atoms with Crippen LogP contribution in [0.1, 0.15) is 11.1 Å². The van der Waals surface area contributed by atoms with Crippen molar-refractivity contribution in [2.24, 2.45) is 0 Å². The van der Waals surface area contributed by atoms with Crippen LogP contribution < -0.4 is 10.6 Å². The molecule has 8 heteroatoms. The second-order valence-electron chi connectivity index (χ2n) is 7.19. The van der Waals surface area contributed by atoms with Crippen molar-refractivity contribution >= 4 is 46.1 Å². The molecule has 0 saturated carbocycles. The maximum atomic E-state index is 5.84. The van der Waals surface area contributed by atoms with E-state index in [9.17, 15) is 0 Å². The molecule has 0 bridgehead atoms. The summed E-state index contributed by atoms with van der Waals surface area (Å²) in [6.07, 6.45) is 0. The van der Waals surface area contributed by atoms with Crippen LogP contribution in [0.2, 0.25) is 0 Å². The molecule has 3 aromatic carbocycles. The fourth-order valence-electron chi connectivity index (χ4n) is 3.15. The minimum Gasteiger partial charge on any atom is -0.431 e. The molecule has 0 radical (unpaired) electrons. The molecule has 2 N–H and O–H groups in total. The van der Waals surface area contributed by atoms with Crippen molar-refractivity contribution in [1.29, 1.82) is 0 Å². The van der Waals surface area contributed by atoms with Crippen molar-refractivity contribution in [2.75, 3.05) is 10.6 Å². The first-order valence-corrected chi connectivity index (χ1v) is 10.9. The van der Waals surface area contributed by atoms with Crippen molar-refractivity contribution in [3.8, 4) is 0 Å². The average molecular weight is 441 g/mol. The highest BCUT2D eigenvalue weighted by Gasteiger charge is 2.14. The van der Waals surface area contributed by atoms with E-state index in [1.165, 1.54) is 11.8 Å². The minimum atomic E-state index is 0.434. The maximum absolute atomic E-state index is 5.84. The quantitative estimate of drug-likeness (QED) is 0.319. The highest BCUT2D eigenvalue weighted by Crippen LogP contribution is 2.30. The number of rotatable bonds is 6. The molecule has 0 saturated heterocycles. The van der Waals surface area contributed by atoms with Gasteiger partial charge in [-0.2, -0.15) is 15.0 Å². The number of aromatic nitrogens is 4. The molecule has 2 heterocycles. The van der Waals surface area contributed by atoms with Crippen LogP contribution in [0.25, 0.3) is 11.1 Å². The summed E-state index contributed by atoms with van der Waals surface area (Å²) in [7, 11) is 0. The normalized spacial score (nSPS) is 10.9. The van der Waals surface area contributed by atoms with Gasteiger partial charge in [0, 0.05) is 23.1 Å². The third kappa shape index (κ3) is 4.40. The fourth-order valence-corrected chi connectivity index (χ4v) is 3.85. The topological polar surface area (TPSA) is 88.8 Å². The third-order valence-corrected chi connectivity index (χ3v) is 5.57. The Morgan fingerprint density at radius 3 is 1.81 bits per heavy atom. The third-order valence-electron chi connectivity index (χ3n) is 4.85. The van der Waals surface area contributed by atoms with E-state index < -0.39 is 0 Å². The van der Waals surface area contributed by atoms with Crippen LogP contribution in [0.4, 0.5) is 23.3 Å². The first-order chi connectivity index (χ1) is 15.6. The molecule has 5 rings (SSSR count). The van der Waals surface area contributed by atoms with Gasteiger partial charge in [0.25, 0.3) is 5.22 Å². The molecule has 0 spiro atoms. The molecule has 0 fully saturated rings. The summed E-state index contributed by atoms with van der Waals surface area (Å²) < 4.78 is 5.84. The number of benzene rings is 3. The molecule has 158 valence electrons. The largest absolute Gasteiger partial charge is 0.431 e. The number of anilines is 4. The van der Waals surface area contributed by atoms with Crippen molar-refractivity contribution in [1.82, 2.24) is 19.9 Å². The zero-order valence-corrected chi connectivity index (χ0v) is 18.4. The van der Waals surface area contributed by atoms with Gasteiger partial charge in [0.2, 0.25) is 17.1 Å². The monoisotopic (exact) mass is 440 g/mol. The van der Waals surface area contributed by atoms with Crippen LogP contribution in [0.5, 0.6) is 0 Å². The van der Waals surface area contributed by atoms with E-state index in [4.69, 9.17) is 4.42 Å². The van der Waals surface area contributed by atoms with Gasteiger partial charge in [0.15, 0.2) is 5.58 Å². The predicted molar refractivity (Wildman–Crippen MR) is 127 cm³/mol. The van der Waals surface area contributed by atoms with Crippen LogP contribution in [0.3, 0.4) is 0 Å². The maximum Gasteiger partial charge on any atom is 0.264 e. The number of aryl methyl sites for hydroxylation is 2. The molecule has 2 aromatic heterocycles. The number of para-hydroxylation sites is 4. The van der Waals surface area contributed by atoms with Gasteiger partial charge in [0.05, 0.1) is 0 Å². The Morgan fingerprint density at radius 2 is 1.22 bits per heavy atom. The summed E-state index contributed by atoms with van der Waals surface area (Å²) >= 11 is 1.25. The lowest BCUT2D eigenvalue weighted by atomic mass is 10.2. The highest BCUT2D eigenvalue weighted by molar-refractivity contribution is 7.99. The van der Waals surface area contributed by atoms with Crippen molar-refractivity contribution in [3.05, 3.63) is 83.9 Å². The second-order valence-corrected chi connectivity index (χ2v) is 8.11. The van der Waals surface area contributed by atoms with Crippen LogP contribution in [0, 0.1) is 13.8 Å².